The summed E-state index contributed by atoms with van der Waals surface area (Å²) in [7, 11) is -4.11. The molecule has 38 heavy (non-hydrogen) atoms. The van der Waals surface area contributed by atoms with E-state index >= 15 is 0 Å². The molecule has 0 unspecified atom stereocenters. The van der Waals surface area contributed by atoms with Crippen molar-refractivity contribution in [2.24, 2.45) is 5.92 Å². The van der Waals surface area contributed by atoms with Crippen LogP contribution in [0.3, 0.4) is 0 Å². The van der Waals surface area contributed by atoms with E-state index in [0.29, 0.717) is 17.5 Å². The third kappa shape index (κ3) is 4.60. The first-order valence-corrected chi connectivity index (χ1v) is 14.2. The van der Waals surface area contributed by atoms with Crippen molar-refractivity contribution in [3.05, 3.63) is 126 Å². The van der Waals surface area contributed by atoms with Crippen LogP contribution in [0.2, 0.25) is 0 Å². The summed E-state index contributed by atoms with van der Waals surface area (Å²) < 4.78 is 43.8. The number of hydrogen-bond donors (Lipinski definition) is 2. The van der Waals surface area contributed by atoms with Crippen LogP contribution in [0, 0.1) is 11.7 Å². The Kier molecular flexibility index (Phi) is 7.05. The number of aliphatic hydroxyl groups is 1. The maximum absolute atomic E-state index is 13.7. The van der Waals surface area contributed by atoms with Crippen LogP contribution in [0.4, 0.5) is 4.39 Å². The van der Waals surface area contributed by atoms with Gasteiger partial charge in [-0.3, -0.25) is 0 Å². The van der Waals surface area contributed by atoms with Gasteiger partial charge in [-0.15, -0.1) is 0 Å². The van der Waals surface area contributed by atoms with E-state index in [1.54, 1.807) is 0 Å². The highest BCUT2D eigenvalue weighted by molar-refractivity contribution is 7.89. The van der Waals surface area contributed by atoms with E-state index in [1.165, 1.54) is 12.1 Å². The Morgan fingerprint density at radius 2 is 1.24 bits per heavy atom. The number of nitrogens with one attached hydrogen (secondary N) is 1. The lowest BCUT2D eigenvalue weighted by molar-refractivity contribution is 0.0274. The maximum Gasteiger partial charge on any atom is 0.240 e. The van der Waals surface area contributed by atoms with E-state index in [4.69, 9.17) is 0 Å². The number of rotatable bonds is 8. The zero-order chi connectivity index (χ0) is 26.9. The Balaban J connectivity index is 1.81. The average molecular weight is 528 g/mol. The number of fused-ring (bicyclic) bond motifs is 2. The van der Waals surface area contributed by atoms with Crippen molar-refractivity contribution >= 4 is 31.6 Å². The Bertz CT molecular complexity index is 1610. The molecule has 0 radical (unpaired) electrons. The van der Waals surface area contributed by atoms with Crippen LogP contribution in [0.25, 0.3) is 21.5 Å². The van der Waals surface area contributed by atoms with Crippen molar-refractivity contribution in [3.8, 4) is 0 Å². The SMILES string of the molecule is CC[C@H](C)[C@H](NS(=O)(=O)c1ccc(F)cc1)C(O)(c1cccc2ccccc12)c1cccc2ccccc12. The summed E-state index contributed by atoms with van der Waals surface area (Å²) in [5.41, 5.74) is -0.525. The predicted octanol–water partition coefficient (Wildman–Crippen LogP) is 6.76. The molecule has 0 aliphatic heterocycles. The molecule has 5 aromatic carbocycles. The molecule has 0 heterocycles. The molecule has 5 aromatic rings. The standard InChI is InChI=1S/C32H30FNO3S/c1-3-22(2)31(34-38(36,37)26-20-18-25(33)19-21-26)32(35,29-16-8-12-23-10-4-6-14-27(23)29)30-17-9-13-24-11-5-7-15-28(24)30/h4-22,31,34-35H,3H2,1-2H3/t22-,31-/m0/s1. The van der Waals surface area contributed by atoms with Crippen LogP contribution in [0.5, 0.6) is 0 Å². The largest absolute Gasteiger partial charge is 0.379 e. The molecule has 0 saturated carbocycles. The van der Waals surface area contributed by atoms with Crippen LogP contribution in [0.15, 0.2) is 114 Å². The van der Waals surface area contributed by atoms with Crippen molar-refractivity contribution in [2.75, 3.05) is 0 Å². The number of halogens is 1. The molecular formula is C32H30FNO3S. The van der Waals surface area contributed by atoms with Gasteiger partial charge in [-0.25, -0.2) is 17.5 Å². The van der Waals surface area contributed by atoms with Gasteiger partial charge in [0.05, 0.1) is 10.9 Å². The molecule has 0 fully saturated rings. The molecule has 0 spiro atoms. The van der Waals surface area contributed by atoms with Crippen LogP contribution in [0.1, 0.15) is 31.4 Å². The van der Waals surface area contributed by atoms with Crippen molar-refractivity contribution in [3.63, 3.8) is 0 Å². The molecule has 4 nitrogen and oxygen atoms in total. The van der Waals surface area contributed by atoms with Gasteiger partial charge in [-0.05, 0) is 62.9 Å². The van der Waals surface area contributed by atoms with Crippen molar-refractivity contribution in [1.29, 1.82) is 0 Å². The first-order chi connectivity index (χ1) is 18.3. The number of benzene rings is 5. The lowest BCUT2D eigenvalue weighted by atomic mass is 9.72. The van der Waals surface area contributed by atoms with Gasteiger partial charge in [-0.1, -0.05) is 105 Å². The third-order valence-corrected chi connectivity index (χ3v) is 8.93. The smallest absolute Gasteiger partial charge is 0.240 e. The lowest BCUT2D eigenvalue weighted by Crippen LogP contribution is -2.54. The average Bonchev–Trinajstić information content (AvgIpc) is 2.94. The zero-order valence-corrected chi connectivity index (χ0v) is 22.1. The number of sulfonamides is 1. The van der Waals surface area contributed by atoms with Crippen LogP contribution < -0.4 is 4.72 Å². The fourth-order valence-corrected chi connectivity index (χ4v) is 6.66. The van der Waals surface area contributed by atoms with Gasteiger partial charge in [0.15, 0.2) is 0 Å². The Hall–Kier alpha value is -3.58. The van der Waals surface area contributed by atoms with E-state index in [1.807, 2.05) is 98.8 Å². The van der Waals surface area contributed by atoms with E-state index < -0.39 is 27.5 Å². The van der Waals surface area contributed by atoms with Gasteiger partial charge in [0.25, 0.3) is 0 Å². The molecule has 2 atom stereocenters. The first-order valence-electron chi connectivity index (χ1n) is 12.7. The van der Waals surface area contributed by atoms with Gasteiger partial charge in [0, 0.05) is 0 Å². The summed E-state index contributed by atoms with van der Waals surface area (Å²) in [6.07, 6.45) is 0.606. The molecule has 2 N–H and O–H groups in total. The van der Waals surface area contributed by atoms with E-state index in [2.05, 4.69) is 4.72 Å². The molecule has 0 aromatic heterocycles. The van der Waals surface area contributed by atoms with Crippen LogP contribution >= 0.6 is 0 Å². The van der Waals surface area contributed by atoms with Gasteiger partial charge < -0.3 is 5.11 Å². The van der Waals surface area contributed by atoms with Crippen molar-refractivity contribution < 1.29 is 17.9 Å². The van der Waals surface area contributed by atoms with Gasteiger partial charge in [0.2, 0.25) is 10.0 Å². The molecule has 6 heteroatoms. The quantitative estimate of drug-likeness (QED) is 0.234. The van der Waals surface area contributed by atoms with Crippen molar-refractivity contribution in [2.45, 2.75) is 36.8 Å². The minimum absolute atomic E-state index is 0.0645. The molecule has 0 aliphatic rings. The van der Waals surface area contributed by atoms with Crippen molar-refractivity contribution in [1.82, 2.24) is 4.72 Å². The normalized spacial score (nSPS) is 14.0. The Labute approximate surface area is 222 Å². The highest BCUT2D eigenvalue weighted by atomic mass is 32.2. The zero-order valence-electron chi connectivity index (χ0n) is 21.3. The van der Waals surface area contributed by atoms with E-state index in [9.17, 15) is 17.9 Å². The topological polar surface area (TPSA) is 66.4 Å². The van der Waals surface area contributed by atoms with E-state index in [-0.39, 0.29) is 10.8 Å². The summed E-state index contributed by atoms with van der Waals surface area (Å²) in [4.78, 5) is -0.0645. The summed E-state index contributed by atoms with van der Waals surface area (Å²) in [5, 5.41) is 16.6. The molecule has 0 aliphatic carbocycles. The van der Waals surface area contributed by atoms with Crippen LogP contribution in [-0.4, -0.2) is 19.6 Å². The summed E-state index contributed by atoms with van der Waals surface area (Å²) in [6.45, 7) is 3.90. The third-order valence-electron chi connectivity index (χ3n) is 7.47. The molecule has 0 bridgehead atoms. The second-order valence-corrected chi connectivity index (χ2v) is 11.5. The van der Waals surface area contributed by atoms with E-state index in [0.717, 1.165) is 33.7 Å². The molecule has 5 rings (SSSR count). The molecular weight excluding hydrogens is 497 g/mol. The second kappa shape index (κ2) is 10.3. The lowest BCUT2D eigenvalue weighted by Gasteiger charge is -2.41. The fourth-order valence-electron chi connectivity index (χ4n) is 5.29. The maximum atomic E-state index is 13.7. The monoisotopic (exact) mass is 527 g/mol. The summed E-state index contributed by atoms with van der Waals surface area (Å²) in [5.74, 6) is -0.793. The number of hydrogen-bond acceptors (Lipinski definition) is 3. The minimum atomic E-state index is -4.11. The molecule has 0 amide bonds. The van der Waals surface area contributed by atoms with Gasteiger partial charge >= 0.3 is 0 Å². The highest BCUT2D eigenvalue weighted by Crippen LogP contribution is 2.43. The summed E-state index contributed by atoms with van der Waals surface area (Å²) >= 11 is 0. The second-order valence-electron chi connectivity index (χ2n) is 9.76. The van der Waals surface area contributed by atoms with Crippen LogP contribution in [-0.2, 0) is 15.6 Å². The Morgan fingerprint density at radius 3 is 1.74 bits per heavy atom. The minimum Gasteiger partial charge on any atom is -0.379 e. The summed E-state index contributed by atoms with van der Waals surface area (Å²) in [6, 6.07) is 30.8. The molecule has 0 saturated heterocycles. The Morgan fingerprint density at radius 1 is 0.763 bits per heavy atom. The van der Waals surface area contributed by atoms with Gasteiger partial charge in [-0.2, -0.15) is 0 Å². The highest BCUT2D eigenvalue weighted by Gasteiger charge is 2.46. The predicted molar refractivity (Wildman–Crippen MR) is 151 cm³/mol. The molecule has 194 valence electrons. The van der Waals surface area contributed by atoms with Gasteiger partial charge in [0.1, 0.15) is 11.4 Å². The first kappa shape index (κ1) is 26.0. The fraction of sp³-hybridized carbons (Fsp3) is 0.188.